The summed E-state index contributed by atoms with van der Waals surface area (Å²) in [5.74, 6) is 0.288. The molecule has 22 heavy (non-hydrogen) atoms. The summed E-state index contributed by atoms with van der Waals surface area (Å²) in [4.78, 5) is 10.8. The van der Waals surface area contributed by atoms with Crippen LogP contribution in [-0.4, -0.2) is 5.78 Å². The van der Waals surface area contributed by atoms with Gasteiger partial charge in [0.1, 0.15) is 5.78 Å². The molecule has 0 N–H and O–H groups in total. The van der Waals surface area contributed by atoms with Gasteiger partial charge in [0.2, 0.25) is 0 Å². The lowest BCUT2D eigenvalue weighted by molar-refractivity contribution is -0.117. The highest BCUT2D eigenvalue weighted by Crippen LogP contribution is 2.01. The number of hydrogen-bond acceptors (Lipinski definition) is 1. The highest BCUT2D eigenvalue weighted by molar-refractivity contribution is 5.75. The van der Waals surface area contributed by atoms with E-state index in [1.807, 2.05) is 0 Å². The van der Waals surface area contributed by atoms with Gasteiger partial charge in [-0.2, -0.15) is 0 Å². The van der Waals surface area contributed by atoms with Crippen LogP contribution < -0.4 is 0 Å². The van der Waals surface area contributed by atoms with Gasteiger partial charge in [-0.15, -0.1) is 0 Å². The number of ketones is 1. The molecule has 0 bridgehead atoms. The van der Waals surface area contributed by atoms with E-state index in [1.54, 1.807) is 6.92 Å². The van der Waals surface area contributed by atoms with E-state index in [1.165, 1.54) is 25.7 Å². The summed E-state index contributed by atoms with van der Waals surface area (Å²) in [7, 11) is 0. The van der Waals surface area contributed by atoms with Gasteiger partial charge in [-0.1, -0.05) is 68.4 Å². The minimum absolute atomic E-state index is 0.288. The van der Waals surface area contributed by atoms with Gasteiger partial charge in [0, 0.05) is 6.42 Å². The first-order valence-corrected chi connectivity index (χ1v) is 8.86. The molecule has 0 unspecified atom stereocenters. The number of carbonyl (C=O) groups is 1. The second-order valence-electron chi connectivity index (χ2n) is 5.68. The molecule has 0 rings (SSSR count). The smallest absolute Gasteiger partial charge is 0.129 e. The fourth-order valence-electron chi connectivity index (χ4n) is 2.03. The predicted molar refractivity (Wildman–Crippen MR) is 99.1 cm³/mol. The van der Waals surface area contributed by atoms with Crippen molar-refractivity contribution in [3.8, 4) is 0 Å². The molecule has 0 aromatic heterocycles. The number of allylic oxidation sites excluding steroid dienone is 8. The molecule has 0 aliphatic heterocycles. The standard InChI is InChI=1S/C21H34O/c1-3-4-5-6-7-8-9-10-11-12-13-14-15-16-17-18-19-20-21(2)22/h7-8,10-11,13-14,16-17H,3-6,9,12,15,18-20H2,1-2H3. The molecule has 124 valence electrons. The van der Waals surface area contributed by atoms with Gasteiger partial charge in [-0.3, -0.25) is 0 Å². The van der Waals surface area contributed by atoms with Crippen LogP contribution in [-0.2, 0) is 4.79 Å². The maximum atomic E-state index is 10.8. The van der Waals surface area contributed by atoms with E-state index < -0.39 is 0 Å². The molecule has 1 heteroatoms. The van der Waals surface area contributed by atoms with Crippen LogP contribution in [0.15, 0.2) is 48.6 Å². The average molecular weight is 303 g/mol. The Labute approximate surface area is 137 Å². The monoisotopic (exact) mass is 302 g/mol. The Morgan fingerprint density at radius 2 is 1.14 bits per heavy atom. The third kappa shape index (κ3) is 18.6. The molecule has 0 heterocycles. The van der Waals surface area contributed by atoms with Crippen molar-refractivity contribution in [3.63, 3.8) is 0 Å². The fraction of sp³-hybridized carbons (Fsp3) is 0.571. The first kappa shape index (κ1) is 20.6. The highest BCUT2D eigenvalue weighted by atomic mass is 16.1. The summed E-state index contributed by atoms with van der Waals surface area (Å²) in [5.41, 5.74) is 0. The quantitative estimate of drug-likeness (QED) is 0.257. The second kappa shape index (κ2) is 17.7. The Balaban J connectivity index is 3.40. The van der Waals surface area contributed by atoms with Crippen LogP contribution in [0, 0.1) is 0 Å². The van der Waals surface area contributed by atoms with E-state index in [9.17, 15) is 4.79 Å². The zero-order valence-electron chi connectivity index (χ0n) is 14.6. The maximum Gasteiger partial charge on any atom is 0.129 e. The van der Waals surface area contributed by atoms with Crippen LogP contribution in [0.2, 0.25) is 0 Å². The Kier molecular flexibility index (Phi) is 16.6. The van der Waals surface area contributed by atoms with Crippen molar-refractivity contribution in [3.05, 3.63) is 48.6 Å². The zero-order chi connectivity index (χ0) is 16.3. The van der Waals surface area contributed by atoms with Gasteiger partial charge in [-0.05, 0) is 51.9 Å². The van der Waals surface area contributed by atoms with Crippen LogP contribution in [0.3, 0.4) is 0 Å². The molecule has 0 fully saturated rings. The summed E-state index contributed by atoms with van der Waals surface area (Å²) in [5, 5.41) is 0. The van der Waals surface area contributed by atoms with Crippen LogP contribution in [0.5, 0.6) is 0 Å². The van der Waals surface area contributed by atoms with Crippen LogP contribution in [0.25, 0.3) is 0 Å². The summed E-state index contributed by atoms with van der Waals surface area (Å²) in [6.45, 7) is 3.90. The number of hydrogen-bond donors (Lipinski definition) is 0. The van der Waals surface area contributed by atoms with E-state index in [0.717, 1.165) is 32.1 Å². The maximum absolute atomic E-state index is 10.8. The number of rotatable bonds is 14. The SMILES string of the molecule is CCCCCC=CCC=CCC=CCC=CCCCC(C)=O. The van der Waals surface area contributed by atoms with Crippen molar-refractivity contribution in [1.82, 2.24) is 0 Å². The first-order valence-electron chi connectivity index (χ1n) is 8.86. The lowest BCUT2D eigenvalue weighted by Crippen LogP contribution is -1.87. The Morgan fingerprint density at radius 3 is 1.59 bits per heavy atom. The summed E-state index contributed by atoms with van der Waals surface area (Å²) < 4.78 is 0. The van der Waals surface area contributed by atoms with Crippen molar-refractivity contribution in [2.45, 2.75) is 78.1 Å². The lowest BCUT2D eigenvalue weighted by atomic mass is 10.2. The van der Waals surface area contributed by atoms with E-state index in [0.29, 0.717) is 6.42 Å². The van der Waals surface area contributed by atoms with Gasteiger partial charge in [0.05, 0.1) is 0 Å². The number of Topliss-reactive ketones (excluding diaryl/α,β-unsaturated/α-hetero) is 1. The van der Waals surface area contributed by atoms with Crippen LogP contribution in [0.1, 0.15) is 78.1 Å². The summed E-state index contributed by atoms with van der Waals surface area (Å²) >= 11 is 0. The van der Waals surface area contributed by atoms with Gasteiger partial charge in [0.15, 0.2) is 0 Å². The van der Waals surface area contributed by atoms with E-state index >= 15 is 0 Å². The first-order chi connectivity index (χ1) is 10.8. The van der Waals surface area contributed by atoms with Gasteiger partial charge in [-0.25, -0.2) is 0 Å². The predicted octanol–water partition coefficient (Wildman–Crippen LogP) is 6.72. The fourth-order valence-corrected chi connectivity index (χ4v) is 2.03. The van der Waals surface area contributed by atoms with Gasteiger partial charge >= 0.3 is 0 Å². The van der Waals surface area contributed by atoms with Crippen molar-refractivity contribution < 1.29 is 4.79 Å². The van der Waals surface area contributed by atoms with Crippen molar-refractivity contribution in [1.29, 1.82) is 0 Å². The Morgan fingerprint density at radius 1 is 0.682 bits per heavy atom. The molecule has 0 aromatic carbocycles. The molecule has 0 saturated carbocycles. The van der Waals surface area contributed by atoms with Crippen molar-refractivity contribution >= 4 is 5.78 Å². The number of carbonyl (C=O) groups excluding carboxylic acids is 1. The third-order valence-electron chi connectivity index (χ3n) is 3.36. The Bertz CT molecular complexity index is 358. The summed E-state index contributed by atoms with van der Waals surface area (Å²) in [6, 6.07) is 0. The minimum atomic E-state index is 0.288. The molecular weight excluding hydrogens is 268 g/mol. The second-order valence-corrected chi connectivity index (χ2v) is 5.68. The molecule has 0 amide bonds. The van der Waals surface area contributed by atoms with Crippen LogP contribution >= 0.6 is 0 Å². The molecule has 0 aromatic rings. The largest absolute Gasteiger partial charge is 0.300 e. The minimum Gasteiger partial charge on any atom is -0.300 e. The van der Waals surface area contributed by atoms with Crippen LogP contribution in [0.4, 0.5) is 0 Å². The molecule has 0 saturated heterocycles. The molecule has 0 spiro atoms. The molecule has 0 radical (unpaired) electrons. The number of unbranched alkanes of at least 4 members (excludes halogenated alkanes) is 4. The van der Waals surface area contributed by atoms with E-state index in [-0.39, 0.29) is 5.78 Å². The van der Waals surface area contributed by atoms with Crippen molar-refractivity contribution in [2.24, 2.45) is 0 Å². The van der Waals surface area contributed by atoms with E-state index in [4.69, 9.17) is 0 Å². The Hall–Kier alpha value is -1.37. The normalized spacial score (nSPS) is 12.5. The van der Waals surface area contributed by atoms with Gasteiger partial charge < -0.3 is 4.79 Å². The molecule has 0 aliphatic carbocycles. The molecule has 1 nitrogen and oxygen atoms in total. The highest BCUT2D eigenvalue weighted by Gasteiger charge is 1.89. The zero-order valence-corrected chi connectivity index (χ0v) is 14.6. The molecule has 0 aliphatic rings. The topological polar surface area (TPSA) is 17.1 Å². The summed E-state index contributed by atoms with van der Waals surface area (Å²) in [6.07, 6.45) is 28.7. The average Bonchev–Trinajstić information content (AvgIpc) is 2.50. The lowest BCUT2D eigenvalue weighted by Gasteiger charge is -1.91. The van der Waals surface area contributed by atoms with Gasteiger partial charge in [0.25, 0.3) is 0 Å². The molecular formula is C21H34O. The third-order valence-corrected chi connectivity index (χ3v) is 3.36. The van der Waals surface area contributed by atoms with Crippen molar-refractivity contribution in [2.75, 3.05) is 0 Å². The molecule has 0 atom stereocenters. The van der Waals surface area contributed by atoms with E-state index in [2.05, 4.69) is 55.5 Å².